The van der Waals surface area contributed by atoms with Crippen molar-refractivity contribution in [3.8, 4) is 5.88 Å². The smallest absolute Gasteiger partial charge is 0.340 e. The molecule has 0 amide bonds. The maximum absolute atomic E-state index is 12.2. The second-order valence-corrected chi connectivity index (χ2v) is 13.8. The largest absolute Gasteiger partial charge is 0.474 e. The number of nitrogens with zero attached hydrogens (tertiary/aromatic N) is 3. The molecule has 0 fully saturated rings. The van der Waals surface area contributed by atoms with Crippen molar-refractivity contribution in [2.75, 3.05) is 18.2 Å². The van der Waals surface area contributed by atoms with Gasteiger partial charge in [-0.05, 0) is 56.3 Å². The molecule has 0 saturated carbocycles. The van der Waals surface area contributed by atoms with Gasteiger partial charge in [0.2, 0.25) is 5.88 Å². The second-order valence-electron chi connectivity index (χ2n) is 11.3. The Hall–Kier alpha value is -3.31. The van der Waals surface area contributed by atoms with Crippen LogP contribution in [0.1, 0.15) is 76.0 Å². The van der Waals surface area contributed by atoms with E-state index in [4.69, 9.17) is 20.2 Å². The Morgan fingerprint density at radius 3 is 2.56 bits per heavy atom. The van der Waals surface area contributed by atoms with E-state index in [0.29, 0.717) is 47.0 Å². The van der Waals surface area contributed by atoms with Crippen molar-refractivity contribution in [1.29, 1.82) is 0 Å². The zero-order valence-corrected chi connectivity index (χ0v) is 24.3. The van der Waals surface area contributed by atoms with E-state index in [1.807, 2.05) is 40.7 Å². The fourth-order valence-electron chi connectivity index (χ4n) is 4.53. The molecule has 3 atom stereocenters. The molecular weight excluding hydrogens is 518 g/mol. The molecule has 4 heterocycles. The molecule has 1 aliphatic heterocycles. The van der Waals surface area contributed by atoms with Gasteiger partial charge in [-0.25, -0.2) is 28.2 Å². The first-order valence-electron chi connectivity index (χ1n) is 13.0. The first-order chi connectivity index (χ1) is 18.1. The van der Waals surface area contributed by atoms with Crippen LogP contribution in [0.2, 0.25) is 0 Å². The van der Waals surface area contributed by atoms with E-state index in [1.54, 1.807) is 31.5 Å². The highest BCUT2D eigenvalue weighted by Crippen LogP contribution is 2.36. The molecule has 0 radical (unpaired) electrons. The third-order valence-corrected chi connectivity index (χ3v) is 9.02. The van der Waals surface area contributed by atoms with E-state index in [1.165, 1.54) is 6.26 Å². The Morgan fingerprint density at radius 1 is 1.18 bits per heavy atom. The van der Waals surface area contributed by atoms with Gasteiger partial charge in [0.15, 0.2) is 0 Å². The van der Waals surface area contributed by atoms with Crippen LogP contribution in [-0.2, 0) is 25.5 Å². The summed E-state index contributed by atoms with van der Waals surface area (Å²) in [6.07, 6.45) is 5.22. The molecule has 1 unspecified atom stereocenters. The number of hydrogen-bond acceptors (Lipinski definition) is 10. The lowest BCUT2D eigenvalue weighted by Crippen LogP contribution is -2.35. The highest BCUT2D eigenvalue weighted by atomic mass is 32.2. The van der Waals surface area contributed by atoms with Crippen molar-refractivity contribution in [3.63, 3.8) is 0 Å². The Balaban J connectivity index is 1.72. The third-order valence-electron chi connectivity index (χ3n) is 7.37. The van der Waals surface area contributed by atoms with Crippen molar-refractivity contribution < 1.29 is 22.7 Å². The number of carbonyl (C=O) groups excluding carboxylic acids is 1. The molecule has 210 valence electrons. The quantitative estimate of drug-likeness (QED) is 0.364. The fourth-order valence-corrected chi connectivity index (χ4v) is 5.15. The molecular formula is C28H37N5O5S. The Kier molecular flexibility index (Phi) is 7.61. The number of aromatic nitrogens is 3. The molecule has 3 aromatic rings. The number of cyclic esters (lactones) is 1. The van der Waals surface area contributed by atoms with Crippen molar-refractivity contribution >= 4 is 38.2 Å². The van der Waals surface area contributed by atoms with Crippen LogP contribution in [0.25, 0.3) is 10.8 Å². The molecule has 0 spiro atoms. The van der Waals surface area contributed by atoms with E-state index in [0.717, 1.165) is 10.9 Å². The van der Waals surface area contributed by atoms with Crippen LogP contribution in [0.5, 0.6) is 5.88 Å². The minimum absolute atomic E-state index is 0.260. The number of sulfone groups is 1. The average molecular weight is 556 g/mol. The van der Waals surface area contributed by atoms with Gasteiger partial charge in [0, 0.05) is 36.0 Å². The molecule has 0 aliphatic carbocycles. The van der Waals surface area contributed by atoms with Crippen molar-refractivity contribution in [2.24, 2.45) is 5.73 Å². The zero-order chi connectivity index (χ0) is 28.8. The van der Waals surface area contributed by atoms with Crippen LogP contribution in [0, 0.1) is 0 Å². The molecule has 0 bridgehead atoms. The summed E-state index contributed by atoms with van der Waals surface area (Å²) in [5.74, 6) is 1.07. The summed E-state index contributed by atoms with van der Waals surface area (Å²) >= 11 is 0. The molecule has 1 aliphatic rings. The number of pyridine rings is 3. The number of nitrogens with two attached hydrogens (primary N) is 1. The highest BCUT2D eigenvalue weighted by molar-refractivity contribution is 7.91. The summed E-state index contributed by atoms with van der Waals surface area (Å²) in [6.45, 7) is 11.7. The highest BCUT2D eigenvalue weighted by Gasteiger charge is 2.35. The number of carbonyl (C=O) groups is 1. The molecule has 0 aromatic carbocycles. The van der Waals surface area contributed by atoms with Gasteiger partial charge in [0.05, 0.1) is 28.0 Å². The summed E-state index contributed by atoms with van der Waals surface area (Å²) in [5, 5.41) is 4.19. The molecule has 39 heavy (non-hydrogen) atoms. The SMILES string of the molecule is CCC(C)(N)c1cnc(O[C@H](C)C[C@@H](C)S(C)(=O)=O)c2cnc(Nc3ccc4c(n3)C(C)(C)COC4=O)cc12. The Morgan fingerprint density at radius 2 is 1.90 bits per heavy atom. The van der Waals surface area contributed by atoms with Crippen molar-refractivity contribution in [3.05, 3.63) is 47.4 Å². The normalized spacial score (nSPS) is 18.0. The summed E-state index contributed by atoms with van der Waals surface area (Å²) in [5.41, 5.74) is 7.52. The minimum Gasteiger partial charge on any atom is -0.474 e. The third kappa shape index (κ3) is 5.99. The van der Waals surface area contributed by atoms with E-state index >= 15 is 0 Å². The first kappa shape index (κ1) is 28.7. The number of nitrogens with one attached hydrogen (secondary N) is 1. The van der Waals surface area contributed by atoms with Crippen molar-refractivity contribution in [2.45, 2.75) is 76.7 Å². The van der Waals surface area contributed by atoms with Gasteiger partial charge in [-0.2, -0.15) is 0 Å². The number of ether oxygens (including phenoxy) is 2. The molecule has 3 N–H and O–H groups in total. The Labute approximate surface area is 229 Å². The fraction of sp³-hybridized carbons (Fsp3) is 0.500. The van der Waals surface area contributed by atoms with Crippen LogP contribution < -0.4 is 15.8 Å². The summed E-state index contributed by atoms with van der Waals surface area (Å²) in [7, 11) is -3.18. The lowest BCUT2D eigenvalue weighted by atomic mass is 9.85. The predicted octanol–water partition coefficient (Wildman–Crippen LogP) is 4.39. The topological polar surface area (TPSA) is 146 Å². The van der Waals surface area contributed by atoms with E-state index < -0.39 is 26.0 Å². The number of anilines is 2. The zero-order valence-electron chi connectivity index (χ0n) is 23.5. The maximum atomic E-state index is 12.2. The minimum atomic E-state index is -3.18. The number of fused-ring (bicyclic) bond motifs is 2. The van der Waals surface area contributed by atoms with Gasteiger partial charge in [-0.1, -0.05) is 20.8 Å². The lowest BCUT2D eigenvalue weighted by molar-refractivity contribution is 0.0366. The molecule has 3 aromatic heterocycles. The maximum Gasteiger partial charge on any atom is 0.340 e. The first-order valence-corrected chi connectivity index (χ1v) is 15.0. The van der Waals surface area contributed by atoms with Gasteiger partial charge in [-0.15, -0.1) is 0 Å². The predicted molar refractivity (Wildman–Crippen MR) is 151 cm³/mol. The van der Waals surface area contributed by atoms with Crippen LogP contribution >= 0.6 is 0 Å². The van der Waals surface area contributed by atoms with E-state index in [2.05, 4.69) is 15.3 Å². The number of hydrogen-bond donors (Lipinski definition) is 2. The van der Waals surface area contributed by atoms with Gasteiger partial charge in [0.25, 0.3) is 0 Å². The van der Waals surface area contributed by atoms with Crippen LogP contribution in [0.4, 0.5) is 11.6 Å². The summed E-state index contributed by atoms with van der Waals surface area (Å²) < 4.78 is 35.2. The van der Waals surface area contributed by atoms with E-state index in [9.17, 15) is 13.2 Å². The van der Waals surface area contributed by atoms with Gasteiger partial charge >= 0.3 is 5.97 Å². The lowest BCUT2D eigenvalue weighted by Gasteiger charge is -2.30. The standard InChI is InChI=1S/C28H37N5O5S/c1-8-28(6,29)21-14-31-25(38-16(2)11-17(3)39(7,35)36)20-13-30-23(12-19(20)21)32-22-10-9-18-24(33-22)27(4,5)15-37-26(18)34/h9-10,12-14,16-17H,8,11,15,29H2,1-7H3,(H,30,32,33)/t16-,17-,28?/m1/s1. The molecule has 4 rings (SSSR count). The average Bonchev–Trinajstić information content (AvgIpc) is 2.86. The number of esters is 1. The second kappa shape index (κ2) is 10.3. The molecule has 0 saturated heterocycles. The van der Waals surface area contributed by atoms with Crippen LogP contribution in [0.3, 0.4) is 0 Å². The summed E-state index contributed by atoms with van der Waals surface area (Å²) in [6, 6.07) is 5.31. The van der Waals surface area contributed by atoms with Crippen LogP contribution in [-0.4, -0.2) is 53.6 Å². The summed E-state index contributed by atoms with van der Waals surface area (Å²) in [4.78, 5) is 26.1. The monoisotopic (exact) mass is 555 g/mol. The van der Waals surface area contributed by atoms with E-state index in [-0.39, 0.29) is 18.7 Å². The van der Waals surface area contributed by atoms with Crippen molar-refractivity contribution in [1.82, 2.24) is 15.0 Å². The van der Waals surface area contributed by atoms with Gasteiger partial charge in [0.1, 0.15) is 28.1 Å². The Bertz CT molecular complexity index is 1520. The van der Waals surface area contributed by atoms with Crippen LogP contribution in [0.15, 0.2) is 30.6 Å². The molecule has 11 heteroatoms. The van der Waals surface area contributed by atoms with Gasteiger partial charge in [-0.3, -0.25) is 0 Å². The number of rotatable bonds is 9. The molecule has 10 nitrogen and oxygen atoms in total. The van der Waals surface area contributed by atoms with Gasteiger partial charge < -0.3 is 20.5 Å².